The van der Waals surface area contributed by atoms with E-state index in [1.165, 1.54) is 55.9 Å². The van der Waals surface area contributed by atoms with Gasteiger partial charge in [-0.15, -0.1) is 16.8 Å². The lowest BCUT2D eigenvalue weighted by atomic mass is 9.88. The first-order valence-corrected chi connectivity index (χ1v) is 13.2. The molecule has 1 aromatic carbocycles. The molecular formula is C26H36N4OS. The van der Waals surface area contributed by atoms with E-state index in [4.69, 9.17) is 0 Å². The fourth-order valence-electron chi connectivity index (χ4n) is 5.23. The molecular weight excluding hydrogens is 416 g/mol. The van der Waals surface area contributed by atoms with Gasteiger partial charge in [-0.1, -0.05) is 86.2 Å². The van der Waals surface area contributed by atoms with Crippen LogP contribution in [0.2, 0.25) is 0 Å². The van der Waals surface area contributed by atoms with Crippen molar-refractivity contribution in [3.8, 4) is 11.4 Å². The Morgan fingerprint density at radius 3 is 2.19 bits per heavy atom. The van der Waals surface area contributed by atoms with E-state index in [0.29, 0.717) is 24.4 Å². The fourth-order valence-corrected chi connectivity index (χ4v) is 6.05. The van der Waals surface area contributed by atoms with Gasteiger partial charge in [0, 0.05) is 24.2 Å². The summed E-state index contributed by atoms with van der Waals surface area (Å²) < 4.78 is 2.07. The SMILES string of the molecule is C=CCn1c(SCC(=O)N(C2CCCCC2)C2CCCCC2)nnc1-c1ccc(C)cc1. The van der Waals surface area contributed by atoms with Gasteiger partial charge < -0.3 is 4.90 Å². The summed E-state index contributed by atoms with van der Waals surface area (Å²) in [6, 6.07) is 9.18. The molecule has 0 N–H and O–H groups in total. The zero-order chi connectivity index (χ0) is 22.3. The van der Waals surface area contributed by atoms with E-state index in [-0.39, 0.29) is 5.91 Å². The van der Waals surface area contributed by atoms with Crippen LogP contribution in [0.15, 0.2) is 42.1 Å². The molecule has 0 spiro atoms. The maximum absolute atomic E-state index is 13.5. The molecule has 1 aromatic heterocycles. The van der Waals surface area contributed by atoms with E-state index in [2.05, 4.69) is 57.4 Å². The van der Waals surface area contributed by atoms with Crippen molar-refractivity contribution in [1.29, 1.82) is 0 Å². The van der Waals surface area contributed by atoms with Crippen molar-refractivity contribution < 1.29 is 4.79 Å². The van der Waals surface area contributed by atoms with Crippen molar-refractivity contribution in [2.24, 2.45) is 0 Å². The summed E-state index contributed by atoms with van der Waals surface area (Å²) in [5.41, 5.74) is 2.25. The number of aromatic nitrogens is 3. The summed E-state index contributed by atoms with van der Waals surface area (Å²) in [4.78, 5) is 15.8. The molecule has 0 atom stereocenters. The first kappa shape index (κ1) is 23.1. The lowest BCUT2D eigenvalue weighted by Crippen LogP contribution is -2.49. The molecule has 0 bridgehead atoms. The summed E-state index contributed by atoms with van der Waals surface area (Å²) in [5.74, 6) is 1.53. The largest absolute Gasteiger partial charge is 0.336 e. The first-order valence-electron chi connectivity index (χ1n) is 12.2. The van der Waals surface area contributed by atoms with Crippen LogP contribution in [0.4, 0.5) is 0 Å². The predicted molar refractivity (Wildman–Crippen MR) is 132 cm³/mol. The van der Waals surface area contributed by atoms with Gasteiger partial charge >= 0.3 is 0 Å². The van der Waals surface area contributed by atoms with Gasteiger partial charge in [-0.3, -0.25) is 9.36 Å². The summed E-state index contributed by atoms with van der Waals surface area (Å²) in [6.45, 7) is 6.62. The van der Waals surface area contributed by atoms with Gasteiger partial charge in [-0.2, -0.15) is 0 Å². The zero-order valence-electron chi connectivity index (χ0n) is 19.3. The van der Waals surface area contributed by atoms with Gasteiger partial charge in [0.25, 0.3) is 0 Å². The summed E-state index contributed by atoms with van der Waals surface area (Å²) >= 11 is 1.52. The number of hydrogen-bond donors (Lipinski definition) is 0. The summed E-state index contributed by atoms with van der Waals surface area (Å²) in [6.07, 6.45) is 14.1. The normalized spacial score (nSPS) is 17.9. The Hall–Kier alpha value is -2.08. The van der Waals surface area contributed by atoms with Gasteiger partial charge in [0.05, 0.1) is 5.75 Å². The molecule has 1 amide bonds. The monoisotopic (exact) mass is 452 g/mol. The van der Waals surface area contributed by atoms with E-state index in [0.717, 1.165) is 42.2 Å². The third kappa shape index (κ3) is 5.45. The number of benzene rings is 1. The van der Waals surface area contributed by atoms with E-state index in [9.17, 15) is 4.79 Å². The number of rotatable bonds is 8. The van der Waals surface area contributed by atoms with Crippen LogP contribution < -0.4 is 0 Å². The van der Waals surface area contributed by atoms with Crippen molar-refractivity contribution in [3.05, 3.63) is 42.5 Å². The van der Waals surface area contributed by atoms with E-state index >= 15 is 0 Å². The van der Waals surface area contributed by atoms with Crippen molar-refractivity contribution in [2.45, 2.75) is 94.9 Å². The predicted octanol–water partition coefficient (Wildman–Crippen LogP) is 6.03. The third-order valence-electron chi connectivity index (χ3n) is 6.89. The van der Waals surface area contributed by atoms with Crippen LogP contribution in [-0.4, -0.2) is 43.4 Å². The number of nitrogens with zero attached hydrogens (tertiary/aromatic N) is 4. The van der Waals surface area contributed by atoms with E-state index in [1.54, 1.807) is 0 Å². The Kier molecular flexibility index (Phi) is 8.06. The average Bonchev–Trinajstić information content (AvgIpc) is 3.22. The minimum Gasteiger partial charge on any atom is -0.336 e. The molecule has 4 rings (SSSR count). The van der Waals surface area contributed by atoms with Crippen molar-refractivity contribution in [3.63, 3.8) is 0 Å². The molecule has 5 nitrogen and oxygen atoms in total. The van der Waals surface area contributed by atoms with Crippen LogP contribution in [0.3, 0.4) is 0 Å². The number of thioether (sulfide) groups is 1. The summed E-state index contributed by atoms with van der Waals surface area (Å²) in [5, 5.41) is 9.70. The Labute approximate surface area is 196 Å². The Morgan fingerprint density at radius 2 is 1.62 bits per heavy atom. The van der Waals surface area contributed by atoms with Crippen molar-refractivity contribution in [1.82, 2.24) is 19.7 Å². The average molecular weight is 453 g/mol. The Balaban J connectivity index is 1.49. The summed E-state index contributed by atoms with van der Waals surface area (Å²) in [7, 11) is 0. The molecule has 0 aliphatic heterocycles. The smallest absolute Gasteiger partial charge is 0.233 e. The van der Waals surface area contributed by atoms with Gasteiger partial charge in [-0.05, 0) is 32.6 Å². The van der Waals surface area contributed by atoms with Gasteiger partial charge in [0.2, 0.25) is 5.91 Å². The highest BCUT2D eigenvalue weighted by atomic mass is 32.2. The highest BCUT2D eigenvalue weighted by Gasteiger charge is 2.32. The number of amides is 1. The molecule has 2 fully saturated rings. The highest BCUT2D eigenvalue weighted by Crippen LogP contribution is 2.32. The maximum Gasteiger partial charge on any atom is 0.233 e. The Bertz CT molecular complexity index is 877. The standard InChI is InChI=1S/C26H36N4OS/c1-3-18-29-25(21-16-14-20(2)15-17-21)27-28-26(29)32-19-24(31)30(22-10-6-4-7-11-22)23-12-8-5-9-13-23/h3,14-17,22-23H,1,4-13,18-19H2,2H3. The first-order chi connectivity index (χ1) is 15.7. The lowest BCUT2D eigenvalue weighted by molar-refractivity contribution is -0.135. The van der Waals surface area contributed by atoms with E-state index in [1.807, 2.05) is 6.08 Å². The van der Waals surface area contributed by atoms with Crippen molar-refractivity contribution >= 4 is 17.7 Å². The second kappa shape index (κ2) is 11.2. The van der Waals surface area contributed by atoms with Crippen LogP contribution in [-0.2, 0) is 11.3 Å². The Morgan fingerprint density at radius 1 is 1.03 bits per heavy atom. The molecule has 2 saturated carbocycles. The molecule has 2 aromatic rings. The molecule has 2 aliphatic rings. The quantitative estimate of drug-likeness (QED) is 0.363. The molecule has 172 valence electrons. The van der Waals surface area contributed by atoms with E-state index < -0.39 is 0 Å². The number of allylic oxidation sites excluding steroid dienone is 1. The van der Waals surface area contributed by atoms with Crippen LogP contribution >= 0.6 is 11.8 Å². The second-order valence-electron chi connectivity index (χ2n) is 9.24. The molecule has 6 heteroatoms. The maximum atomic E-state index is 13.5. The van der Waals surface area contributed by atoms with Gasteiger partial charge in [0.15, 0.2) is 11.0 Å². The molecule has 0 saturated heterocycles. The zero-order valence-corrected chi connectivity index (χ0v) is 20.2. The van der Waals surface area contributed by atoms with Crippen LogP contribution in [0, 0.1) is 6.92 Å². The number of aryl methyl sites for hydroxylation is 1. The fraction of sp³-hybridized carbons (Fsp3) is 0.577. The minimum atomic E-state index is 0.277. The number of carbonyl (C=O) groups excluding carboxylic acids is 1. The highest BCUT2D eigenvalue weighted by molar-refractivity contribution is 7.99. The molecule has 2 aliphatic carbocycles. The molecule has 32 heavy (non-hydrogen) atoms. The second-order valence-corrected chi connectivity index (χ2v) is 10.2. The number of hydrogen-bond acceptors (Lipinski definition) is 4. The van der Waals surface area contributed by atoms with Crippen LogP contribution in [0.25, 0.3) is 11.4 Å². The van der Waals surface area contributed by atoms with Gasteiger partial charge in [-0.25, -0.2) is 0 Å². The lowest BCUT2D eigenvalue weighted by Gasteiger charge is -2.41. The van der Waals surface area contributed by atoms with Gasteiger partial charge in [0.1, 0.15) is 0 Å². The molecule has 1 heterocycles. The molecule has 0 unspecified atom stereocenters. The van der Waals surface area contributed by atoms with Crippen molar-refractivity contribution in [2.75, 3.05) is 5.75 Å². The topological polar surface area (TPSA) is 51.0 Å². The van der Waals surface area contributed by atoms with Crippen LogP contribution in [0.5, 0.6) is 0 Å². The third-order valence-corrected chi connectivity index (χ3v) is 7.84. The number of carbonyl (C=O) groups is 1. The van der Waals surface area contributed by atoms with Crippen LogP contribution in [0.1, 0.15) is 69.8 Å². The molecule has 0 radical (unpaired) electrons. The minimum absolute atomic E-state index is 0.277.